The Bertz CT molecular complexity index is 479. The third kappa shape index (κ3) is 2.64. The summed E-state index contributed by atoms with van der Waals surface area (Å²) in [7, 11) is 0. The molecule has 2 aromatic rings. The Morgan fingerprint density at radius 3 is 2.62 bits per heavy atom. The van der Waals surface area contributed by atoms with E-state index in [1.165, 1.54) is 0 Å². The van der Waals surface area contributed by atoms with Gasteiger partial charge in [0, 0.05) is 10.9 Å². The Morgan fingerprint density at radius 1 is 1.31 bits per heavy atom. The number of furan rings is 1. The van der Waals surface area contributed by atoms with Gasteiger partial charge in [-0.1, -0.05) is 0 Å². The van der Waals surface area contributed by atoms with Gasteiger partial charge in [0.2, 0.25) is 0 Å². The fourth-order valence-electron chi connectivity index (χ4n) is 1.34. The lowest BCUT2D eigenvalue weighted by Crippen LogP contribution is -2.25. The zero-order valence-corrected chi connectivity index (χ0v) is 10.8. The third-order valence-electron chi connectivity index (χ3n) is 1.98. The van der Waals surface area contributed by atoms with Gasteiger partial charge in [-0.3, -0.25) is 0 Å². The Morgan fingerprint density at radius 2 is 2.06 bits per heavy atom. The Labute approximate surface area is 99.5 Å². The van der Waals surface area contributed by atoms with Gasteiger partial charge in [-0.05, 0) is 39.8 Å². The van der Waals surface area contributed by atoms with Crippen molar-refractivity contribution in [3.8, 4) is 11.5 Å². The summed E-state index contributed by atoms with van der Waals surface area (Å²) >= 11 is 1.60. The standard InChI is InChI=1S/C12H16N2OS/c1-8-5-6-10(15-8)9-7-16-11(13-9)14-12(2,3)4/h5-7H,1-4H3,(H,13,14). The summed E-state index contributed by atoms with van der Waals surface area (Å²) in [5, 5.41) is 6.28. The number of thiazole rings is 1. The number of anilines is 1. The molecule has 0 saturated carbocycles. The highest BCUT2D eigenvalue weighted by atomic mass is 32.1. The molecule has 3 nitrogen and oxygen atoms in total. The van der Waals surface area contributed by atoms with Crippen LogP contribution in [-0.2, 0) is 0 Å². The van der Waals surface area contributed by atoms with Gasteiger partial charge in [-0.15, -0.1) is 11.3 Å². The van der Waals surface area contributed by atoms with Gasteiger partial charge in [-0.2, -0.15) is 0 Å². The van der Waals surface area contributed by atoms with Crippen LogP contribution in [-0.4, -0.2) is 10.5 Å². The number of hydrogen-bond acceptors (Lipinski definition) is 4. The Balaban J connectivity index is 2.20. The molecule has 0 radical (unpaired) electrons. The van der Waals surface area contributed by atoms with E-state index >= 15 is 0 Å². The van der Waals surface area contributed by atoms with Crippen LogP contribution in [0.25, 0.3) is 11.5 Å². The summed E-state index contributed by atoms with van der Waals surface area (Å²) in [6, 6.07) is 3.90. The molecule has 0 aliphatic rings. The Kier molecular flexibility index (Phi) is 2.76. The fraction of sp³-hybridized carbons (Fsp3) is 0.417. The second kappa shape index (κ2) is 3.94. The predicted molar refractivity (Wildman–Crippen MR) is 67.9 cm³/mol. The van der Waals surface area contributed by atoms with Crippen LogP contribution in [0.2, 0.25) is 0 Å². The number of hydrogen-bond donors (Lipinski definition) is 1. The molecule has 0 aliphatic heterocycles. The topological polar surface area (TPSA) is 38.1 Å². The molecule has 0 saturated heterocycles. The number of nitrogens with zero attached hydrogens (tertiary/aromatic N) is 1. The SMILES string of the molecule is Cc1ccc(-c2csc(NC(C)(C)C)n2)o1. The first-order valence-electron chi connectivity index (χ1n) is 5.24. The fourth-order valence-corrected chi connectivity index (χ4v) is 2.25. The molecule has 2 heterocycles. The molecule has 0 unspecified atom stereocenters. The largest absolute Gasteiger partial charge is 0.460 e. The lowest BCUT2D eigenvalue weighted by atomic mass is 10.1. The van der Waals surface area contributed by atoms with E-state index in [0.29, 0.717) is 0 Å². The monoisotopic (exact) mass is 236 g/mol. The van der Waals surface area contributed by atoms with Crippen molar-refractivity contribution in [2.24, 2.45) is 0 Å². The van der Waals surface area contributed by atoms with E-state index in [1.807, 2.05) is 24.4 Å². The van der Waals surface area contributed by atoms with Crippen LogP contribution < -0.4 is 5.32 Å². The van der Waals surface area contributed by atoms with Gasteiger partial charge in [0.25, 0.3) is 0 Å². The minimum absolute atomic E-state index is 0.0359. The molecule has 2 rings (SSSR count). The maximum Gasteiger partial charge on any atom is 0.183 e. The molecule has 0 fully saturated rings. The lowest BCUT2D eigenvalue weighted by Gasteiger charge is -2.19. The van der Waals surface area contributed by atoms with Crippen molar-refractivity contribution in [1.82, 2.24) is 4.98 Å². The molecule has 0 bridgehead atoms. The van der Waals surface area contributed by atoms with Crippen LogP contribution in [0, 0.1) is 6.92 Å². The number of rotatable bonds is 2. The number of aryl methyl sites for hydroxylation is 1. The molecule has 0 amide bonds. The smallest absolute Gasteiger partial charge is 0.183 e. The van der Waals surface area contributed by atoms with Gasteiger partial charge in [0.1, 0.15) is 11.5 Å². The summed E-state index contributed by atoms with van der Waals surface area (Å²) in [5.74, 6) is 1.74. The second-order valence-corrected chi connectivity index (χ2v) is 5.68. The highest BCUT2D eigenvalue weighted by molar-refractivity contribution is 7.14. The average molecular weight is 236 g/mol. The molecule has 0 atom stereocenters. The Hall–Kier alpha value is -1.29. The summed E-state index contributed by atoms with van der Waals surface area (Å²) in [4.78, 5) is 4.49. The maximum absolute atomic E-state index is 5.53. The molecule has 1 N–H and O–H groups in total. The van der Waals surface area contributed by atoms with Crippen molar-refractivity contribution in [3.05, 3.63) is 23.3 Å². The second-order valence-electron chi connectivity index (χ2n) is 4.82. The van der Waals surface area contributed by atoms with Crippen molar-refractivity contribution >= 4 is 16.5 Å². The van der Waals surface area contributed by atoms with E-state index in [2.05, 4.69) is 31.1 Å². The average Bonchev–Trinajstić information content (AvgIpc) is 2.71. The van der Waals surface area contributed by atoms with Gasteiger partial charge < -0.3 is 9.73 Å². The quantitative estimate of drug-likeness (QED) is 0.858. The molecule has 0 aliphatic carbocycles. The molecule has 2 aromatic heterocycles. The van der Waals surface area contributed by atoms with E-state index in [-0.39, 0.29) is 5.54 Å². The van der Waals surface area contributed by atoms with E-state index in [9.17, 15) is 0 Å². The van der Waals surface area contributed by atoms with Crippen LogP contribution in [0.15, 0.2) is 21.9 Å². The number of nitrogens with one attached hydrogen (secondary N) is 1. The van der Waals surface area contributed by atoms with E-state index in [1.54, 1.807) is 11.3 Å². The van der Waals surface area contributed by atoms with Gasteiger partial charge >= 0.3 is 0 Å². The highest BCUT2D eigenvalue weighted by Gasteiger charge is 2.13. The van der Waals surface area contributed by atoms with E-state index < -0.39 is 0 Å². The first-order chi connectivity index (χ1) is 7.44. The van der Waals surface area contributed by atoms with Crippen LogP contribution in [0.1, 0.15) is 26.5 Å². The number of aromatic nitrogens is 1. The first-order valence-corrected chi connectivity index (χ1v) is 6.12. The summed E-state index contributed by atoms with van der Waals surface area (Å²) in [6.45, 7) is 8.28. The molecule has 86 valence electrons. The molecular weight excluding hydrogens is 220 g/mol. The van der Waals surface area contributed by atoms with Crippen molar-refractivity contribution in [2.75, 3.05) is 5.32 Å². The molecule has 16 heavy (non-hydrogen) atoms. The van der Waals surface area contributed by atoms with Crippen molar-refractivity contribution in [3.63, 3.8) is 0 Å². The van der Waals surface area contributed by atoms with Gasteiger partial charge in [0.05, 0.1) is 0 Å². The summed E-state index contributed by atoms with van der Waals surface area (Å²) < 4.78 is 5.53. The third-order valence-corrected chi connectivity index (χ3v) is 2.74. The summed E-state index contributed by atoms with van der Waals surface area (Å²) in [5.41, 5.74) is 0.929. The predicted octanol–water partition coefficient (Wildman–Crippen LogP) is 3.92. The van der Waals surface area contributed by atoms with E-state index in [4.69, 9.17) is 4.42 Å². The normalized spacial score (nSPS) is 11.8. The minimum Gasteiger partial charge on any atom is -0.460 e. The molecule has 4 heteroatoms. The van der Waals surface area contributed by atoms with Crippen LogP contribution in [0.3, 0.4) is 0 Å². The molecular formula is C12H16N2OS. The zero-order valence-electron chi connectivity index (χ0n) is 10.00. The van der Waals surface area contributed by atoms with Gasteiger partial charge in [-0.25, -0.2) is 4.98 Å². The summed E-state index contributed by atoms with van der Waals surface area (Å²) in [6.07, 6.45) is 0. The van der Waals surface area contributed by atoms with Crippen LogP contribution >= 0.6 is 11.3 Å². The highest BCUT2D eigenvalue weighted by Crippen LogP contribution is 2.27. The minimum atomic E-state index is 0.0359. The van der Waals surface area contributed by atoms with Crippen molar-refractivity contribution < 1.29 is 4.42 Å². The first kappa shape index (κ1) is 11.2. The molecule has 0 spiro atoms. The maximum atomic E-state index is 5.53. The lowest BCUT2D eigenvalue weighted by molar-refractivity contribution is 0.546. The van der Waals surface area contributed by atoms with Gasteiger partial charge in [0.15, 0.2) is 10.9 Å². The van der Waals surface area contributed by atoms with Crippen LogP contribution in [0.4, 0.5) is 5.13 Å². The van der Waals surface area contributed by atoms with Crippen molar-refractivity contribution in [1.29, 1.82) is 0 Å². The van der Waals surface area contributed by atoms with Crippen LogP contribution in [0.5, 0.6) is 0 Å². The zero-order chi connectivity index (χ0) is 11.8. The van der Waals surface area contributed by atoms with Crippen molar-refractivity contribution in [2.45, 2.75) is 33.2 Å². The van der Waals surface area contributed by atoms with E-state index in [0.717, 1.165) is 22.3 Å². The molecule has 0 aromatic carbocycles.